The Kier molecular flexibility index (Phi) is 5.91. The number of aliphatic carboxylic acids is 1. The molecule has 0 amide bonds. The quantitative estimate of drug-likeness (QED) is 0.374. The van der Waals surface area contributed by atoms with E-state index in [0.29, 0.717) is 23.7 Å². The molecule has 5 aliphatic carbocycles. The fraction of sp³-hybridized carbons (Fsp3) is 0.829. The lowest BCUT2D eigenvalue weighted by Gasteiger charge is -2.72. The smallest absolute Gasteiger partial charge is 0.309 e. The standard InChI is InChI=1S/C35H52N2O2S/c1-21(2)22-12-15-35(29(38)39)17-16-33(6)23(27(22)35)10-11-26-32(5)20-24-28(36-30(40-24)37-18-8-9-19-37)31(3,4)25(32)13-14-34(26,33)7/h22-23,25-27H,1,8-20H2,2-7H3,(H,38,39)/t22-,23+,25-,26+,27+,32-,33+,34+,35-/m0/s1. The summed E-state index contributed by atoms with van der Waals surface area (Å²) in [6.07, 6.45) is 12.6. The number of anilines is 1. The van der Waals surface area contributed by atoms with Crippen molar-refractivity contribution in [2.75, 3.05) is 18.0 Å². The van der Waals surface area contributed by atoms with Crippen molar-refractivity contribution in [3.8, 4) is 0 Å². The fourth-order valence-electron chi connectivity index (χ4n) is 12.8. The van der Waals surface area contributed by atoms with E-state index in [4.69, 9.17) is 4.98 Å². The van der Waals surface area contributed by atoms with Gasteiger partial charge in [-0.25, -0.2) is 4.98 Å². The average Bonchev–Trinajstić information content (AvgIpc) is 3.63. The number of aromatic nitrogens is 1. The number of fused-ring (bicyclic) bond motifs is 8. The summed E-state index contributed by atoms with van der Waals surface area (Å²) >= 11 is 2.01. The van der Waals surface area contributed by atoms with Crippen LogP contribution < -0.4 is 4.90 Å². The first-order valence-electron chi connectivity index (χ1n) is 16.4. The van der Waals surface area contributed by atoms with Gasteiger partial charge in [-0.2, -0.15) is 0 Å². The molecule has 0 radical (unpaired) electrons. The summed E-state index contributed by atoms with van der Waals surface area (Å²) in [5.41, 5.74) is 2.88. The van der Waals surface area contributed by atoms with Gasteiger partial charge in [0.1, 0.15) is 0 Å². The highest BCUT2D eigenvalue weighted by atomic mass is 32.1. The van der Waals surface area contributed by atoms with Gasteiger partial charge in [-0.05, 0) is 123 Å². The van der Waals surface area contributed by atoms with Gasteiger partial charge in [0.05, 0.1) is 11.1 Å². The Morgan fingerprint density at radius 1 is 0.950 bits per heavy atom. The van der Waals surface area contributed by atoms with Crippen molar-refractivity contribution < 1.29 is 9.90 Å². The van der Waals surface area contributed by atoms with E-state index in [0.717, 1.165) is 38.8 Å². The second-order valence-electron chi connectivity index (χ2n) is 16.5. The Balaban J connectivity index is 1.28. The zero-order chi connectivity index (χ0) is 28.5. The molecule has 6 aliphatic rings. The van der Waals surface area contributed by atoms with Gasteiger partial charge in [0.15, 0.2) is 5.13 Å². The molecular weight excluding hydrogens is 512 g/mol. The molecular formula is C35H52N2O2S. The second kappa shape index (κ2) is 8.60. The van der Waals surface area contributed by atoms with Crippen LogP contribution in [-0.4, -0.2) is 29.1 Å². The summed E-state index contributed by atoms with van der Waals surface area (Å²) in [6, 6.07) is 0. The number of nitrogens with zero attached hydrogens (tertiary/aromatic N) is 2. The molecule has 0 unspecified atom stereocenters. The molecule has 0 bridgehead atoms. The summed E-state index contributed by atoms with van der Waals surface area (Å²) in [5.74, 6) is 1.91. The lowest BCUT2D eigenvalue weighted by molar-refractivity contribution is -0.227. The third kappa shape index (κ3) is 3.25. The van der Waals surface area contributed by atoms with E-state index in [1.54, 1.807) is 4.88 Å². The Labute approximate surface area is 246 Å². The topological polar surface area (TPSA) is 53.4 Å². The Bertz CT molecular complexity index is 1250. The third-order valence-corrected chi connectivity index (χ3v) is 16.0. The third-order valence-electron chi connectivity index (χ3n) is 14.8. The zero-order valence-electron chi connectivity index (χ0n) is 25.9. The summed E-state index contributed by atoms with van der Waals surface area (Å²) < 4.78 is 0. The molecule has 5 fully saturated rings. The van der Waals surface area contributed by atoms with Crippen molar-refractivity contribution in [1.29, 1.82) is 0 Å². The first kappa shape index (κ1) is 27.5. The molecule has 4 nitrogen and oxygen atoms in total. The van der Waals surface area contributed by atoms with E-state index in [-0.39, 0.29) is 27.6 Å². The highest BCUT2D eigenvalue weighted by Crippen LogP contribution is 2.77. The second-order valence-corrected chi connectivity index (χ2v) is 17.6. The van der Waals surface area contributed by atoms with E-state index < -0.39 is 11.4 Å². The van der Waals surface area contributed by atoms with Crippen molar-refractivity contribution >= 4 is 22.4 Å². The number of hydrogen-bond acceptors (Lipinski definition) is 4. The van der Waals surface area contributed by atoms with Gasteiger partial charge in [-0.15, -0.1) is 11.3 Å². The van der Waals surface area contributed by atoms with Gasteiger partial charge in [-0.1, -0.05) is 46.8 Å². The Morgan fingerprint density at radius 2 is 1.68 bits per heavy atom. The predicted molar refractivity (Wildman–Crippen MR) is 164 cm³/mol. The molecule has 0 spiro atoms. The summed E-state index contributed by atoms with van der Waals surface area (Å²) in [6.45, 7) is 21.9. The SMILES string of the molecule is C=C(C)[C@@H]1CC[C@]2(C(=O)O)CC[C@]3(C)[C@H](CC[C@@H]4[C@@]5(C)Cc6sc(N7CCCC7)nc6C(C)(C)[C@@H]5CC[C@]43C)[C@@H]12. The molecule has 220 valence electrons. The van der Waals surface area contributed by atoms with E-state index in [1.807, 2.05) is 11.3 Å². The first-order chi connectivity index (χ1) is 18.8. The van der Waals surface area contributed by atoms with Crippen molar-refractivity contribution in [2.24, 2.45) is 51.2 Å². The maximum Gasteiger partial charge on any atom is 0.309 e. The van der Waals surface area contributed by atoms with E-state index in [1.165, 1.54) is 61.3 Å². The molecule has 40 heavy (non-hydrogen) atoms. The van der Waals surface area contributed by atoms with E-state index in [9.17, 15) is 9.90 Å². The van der Waals surface area contributed by atoms with Gasteiger partial charge < -0.3 is 10.0 Å². The molecule has 4 saturated carbocycles. The normalized spacial score (nSPS) is 47.0. The molecule has 1 aromatic rings. The van der Waals surface area contributed by atoms with Crippen LogP contribution in [0.2, 0.25) is 0 Å². The van der Waals surface area contributed by atoms with Crippen molar-refractivity contribution in [1.82, 2.24) is 4.98 Å². The molecule has 1 aromatic heterocycles. The van der Waals surface area contributed by atoms with Gasteiger partial charge in [0.25, 0.3) is 0 Å². The minimum Gasteiger partial charge on any atom is -0.481 e. The maximum absolute atomic E-state index is 13.0. The molecule has 0 aromatic carbocycles. The summed E-state index contributed by atoms with van der Waals surface area (Å²) in [5, 5.41) is 11.9. The van der Waals surface area contributed by atoms with Crippen molar-refractivity contribution in [2.45, 2.75) is 118 Å². The largest absolute Gasteiger partial charge is 0.481 e. The summed E-state index contributed by atoms with van der Waals surface area (Å²) in [7, 11) is 0. The van der Waals surface area contributed by atoms with Gasteiger partial charge in [0, 0.05) is 23.4 Å². The van der Waals surface area contributed by atoms with Crippen LogP contribution in [0.25, 0.3) is 0 Å². The van der Waals surface area contributed by atoms with Crippen molar-refractivity contribution in [3.63, 3.8) is 0 Å². The van der Waals surface area contributed by atoms with Crippen LogP contribution in [0.3, 0.4) is 0 Å². The molecule has 9 atom stereocenters. The lowest BCUT2D eigenvalue weighted by Crippen LogP contribution is -2.66. The highest BCUT2D eigenvalue weighted by molar-refractivity contribution is 7.15. The van der Waals surface area contributed by atoms with Crippen LogP contribution >= 0.6 is 11.3 Å². The van der Waals surface area contributed by atoms with Crippen LogP contribution in [-0.2, 0) is 16.6 Å². The number of carboxylic acid groups (broad SMARTS) is 1. The zero-order valence-corrected chi connectivity index (χ0v) is 26.8. The van der Waals surface area contributed by atoms with Crippen LogP contribution in [0.1, 0.15) is 116 Å². The number of allylic oxidation sites excluding steroid dienone is 1. The van der Waals surface area contributed by atoms with Crippen LogP contribution in [0.5, 0.6) is 0 Å². The monoisotopic (exact) mass is 564 g/mol. The number of carboxylic acids is 1. The molecule has 5 heteroatoms. The predicted octanol–water partition coefficient (Wildman–Crippen LogP) is 8.50. The van der Waals surface area contributed by atoms with E-state index in [2.05, 4.69) is 53.0 Å². The van der Waals surface area contributed by atoms with Crippen LogP contribution in [0.4, 0.5) is 5.13 Å². The van der Waals surface area contributed by atoms with Gasteiger partial charge in [0.2, 0.25) is 0 Å². The average molecular weight is 565 g/mol. The fourth-order valence-corrected chi connectivity index (χ4v) is 14.3. The summed E-state index contributed by atoms with van der Waals surface area (Å²) in [4.78, 5) is 22.4. The molecule has 1 saturated heterocycles. The molecule has 1 N–H and O–H groups in total. The Hall–Kier alpha value is -1.36. The number of carbonyl (C=O) groups is 1. The van der Waals surface area contributed by atoms with E-state index >= 15 is 0 Å². The number of hydrogen-bond donors (Lipinski definition) is 1. The molecule has 7 rings (SSSR count). The van der Waals surface area contributed by atoms with Crippen molar-refractivity contribution in [3.05, 3.63) is 22.7 Å². The Morgan fingerprint density at radius 3 is 2.35 bits per heavy atom. The maximum atomic E-state index is 13.0. The first-order valence-corrected chi connectivity index (χ1v) is 17.3. The van der Waals surface area contributed by atoms with Gasteiger partial charge >= 0.3 is 5.97 Å². The van der Waals surface area contributed by atoms with Crippen LogP contribution in [0.15, 0.2) is 12.2 Å². The minimum atomic E-state index is -0.533. The number of rotatable bonds is 3. The number of thiazole rings is 1. The van der Waals surface area contributed by atoms with Gasteiger partial charge in [-0.3, -0.25) is 4.79 Å². The highest BCUT2D eigenvalue weighted by Gasteiger charge is 2.72. The minimum absolute atomic E-state index is 0.0947. The van der Waals surface area contributed by atoms with Crippen LogP contribution in [0, 0.1) is 51.2 Å². The molecule has 1 aliphatic heterocycles. The lowest BCUT2D eigenvalue weighted by atomic mass is 9.32. The molecule has 2 heterocycles.